The van der Waals surface area contributed by atoms with Crippen LogP contribution in [0.1, 0.15) is 29.5 Å². The first kappa shape index (κ1) is 14.2. The van der Waals surface area contributed by atoms with E-state index in [0.29, 0.717) is 0 Å². The average molecular weight is 287 g/mol. The number of halogens is 3. The van der Waals surface area contributed by atoms with Crippen LogP contribution >= 0.6 is 0 Å². The number of nitrogens with zero attached hydrogens (tertiary/aromatic N) is 5. The zero-order chi connectivity index (χ0) is 14.8. The van der Waals surface area contributed by atoms with Crippen LogP contribution < -0.4 is 0 Å². The molecule has 0 fully saturated rings. The summed E-state index contributed by atoms with van der Waals surface area (Å²) in [6.07, 6.45) is 0.183. The third-order valence-electron chi connectivity index (χ3n) is 2.62. The van der Waals surface area contributed by atoms with Crippen molar-refractivity contribution < 1.29 is 18.0 Å². The third kappa shape index (κ3) is 3.03. The molecule has 0 aromatic carbocycles. The van der Waals surface area contributed by atoms with E-state index in [1.165, 1.54) is 4.68 Å². The Morgan fingerprint density at radius 2 is 2.15 bits per heavy atom. The molecular formula is C11H12F3N5O. The normalized spacial score (nSPS) is 11.8. The molecule has 0 N–H and O–H groups in total. The Kier molecular flexibility index (Phi) is 3.86. The molecule has 0 bridgehead atoms. The number of imidazole rings is 1. The lowest BCUT2D eigenvalue weighted by Gasteiger charge is -2.05. The fourth-order valence-electron chi connectivity index (χ4n) is 1.71. The number of hydrogen-bond donors (Lipinski definition) is 0. The lowest BCUT2D eigenvalue weighted by Crippen LogP contribution is -2.23. The zero-order valence-corrected chi connectivity index (χ0v) is 10.6. The van der Waals surface area contributed by atoms with Gasteiger partial charge < -0.3 is 4.57 Å². The van der Waals surface area contributed by atoms with Crippen molar-refractivity contribution >= 4 is 5.78 Å². The van der Waals surface area contributed by atoms with Crippen LogP contribution in [0.3, 0.4) is 0 Å². The molecule has 0 amide bonds. The van der Waals surface area contributed by atoms with Crippen LogP contribution in [0.2, 0.25) is 0 Å². The highest BCUT2D eigenvalue weighted by atomic mass is 19.4. The maximum atomic E-state index is 12.2. The summed E-state index contributed by atoms with van der Waals surface area (Å²) >= 11 is 0. The predicted molar refractivity (Wildman–Crippen MR) is 62.0 cm³/mol. The Morgan fingerprint density at radius 1 is 1.40 bits per heavy atom. The van der Waals surface area contributed by atoms with Crippen molar-refractivity contribution in [2.75, 3.05) is 0 Å². The van der Waals surface area contributed by atoms with Crippen LogP contribution in [-0.4, -0.2) is 36.5 Å². The Hall–Kier alpha value is -2.19. The number of aryl methyl sites for hydroxylation is 1. The van der Waals surface area contributed by atoms with E-state index in [0.717, 1.165) is 24.9 Å². The van der Waals surface area contributed by atoms with E-state index in [-0.39, 0.29) is 6.54 Å². The minimum Gasteiger partial charge on any atom is -0.333 e. The smallest absolute Gasteiger partial charge is 0.333 e. The number of carbonyl (C=O) groups is 1. The highest BCUT2D eigenvalue weighted by Gasteiger charge is 2.41. The molecule has 2 aromatic heterocycles. The van der Waals surface area contributed by atoms with Crippen molar-refractivity contribution in [2.24, 2.45) is 0 Å². The first-order valence-electron chi connectivity index (χ1n) is 5.92. The van der Waals surface area contributed by atoms with Crippen LogP contribution in [0.15, 0.2) is 18.7 Å². The van der Waals surface area contributed by atoms with Gasteiger partial charge in [-0.3, -0.25) is 4.79 Å². The summed E-state index contributed by atoms with van der Waals surface area (Å²) in [7, 11) is 0. The van der Waals surface area contributed by atoms with Gasteiger partial charge in [-0.05, 0) is 6.42 Å². The van der Waals surface area contributed by atoms with E-state index >= 15 is 0 Å². The molecule has 0 aliphatic carbocycles. The molecule has 0 saturated carbocycles. The molecule has 0 aliphatic heterocycles. The molecule has 6 nitrogen and oxygen atoms in total. The molecule has 0 aliphatic rings. The summed E-state index contributed by atoms with van der Waals surface area (Å²) in [4.78, 5) is 15.0. The van der Waals surface area contributed by atoms with Crippen LogP contribution in [-0.2, 0) is 13.1 Å². The van der Waals surface area contributed by atoms with Gasteiger partial charge in [0, 0.05) is 6.54 Å². The maximum absolute atomic E-state index is 12.2. The van der Waals surface area contributed by atoms with E-state index < -0.39 is 17.7 Å². The molecular weight excluding hydrogens is 275 g/mol. The molecule has 0 saturated heterocycles. The molecule has 2 heterocycles. The van der Waals surface area contributed by atoms with Crippen LogP contribution in [0.25, 0.3) is 0 Å². The molecule has 0 radical (unpaired) electrons. The van der Waals surface area contributed by atoms with E-state index in [1.807, 2.05) is 11.5 Å². The van der Waals surface area contributed by atoms with E-state index in [4.69, 9.17) is 0 Å². The van der Waals surface area contributed by atoms with Crippen LogP contribution in [0, 0.1) is 0 Å². The van der Waals surface area contributed by atoms with Gasteiger partial charge >= 0.3 is 6.18 Å². The summed E-state index contributed by atoms with van der Waals surface area (Å²) in [6.45, 7) is 2.95. The first-order chi connectivity index (χ1) is 9.41. The van der Waals surface area contributed by atoms with Gasteiger partial charge in [0.15, 0.2) is 5.69 Å². The molecule has 20 heavy (non-hydrogen) atoms. The number of aromatic nitrogens is 5. The van der Waals surface area contributed by atoms with Gasteiger partial charge in [0.05, 0.1) is 31.0 Å². The van der Waals surface area contributed by atoms with Crippen molar-refractivity contribution in [3.05, 3.63) is 30.1 Å². The highest BCUT2D eigenvalue weighted by Crippen LogP contribution is 2.20. The zero-order valence-electron chi connectivity index (χ0n) is 10.6. The van der Waals surface area contributed by atoms with Crippen molar-refractivity contribution in [2.45, 2.75) is 32.6 Å². The second kappa shape index (κ2) is 5.43. The highest BCUT2D eigenvalue weighted by molar-refractivity contribution is 5.98. The lowest BCUT2D eigenvalue weighted by molar-refractivity contribution is -0.0888. The molecule has 108 valence electrons. The maximum Gasteiger partial charge on any atom is 0.456 e. The Labute approximate surface area is 112 Å². The van der Waals surface area contributed by atoms with Crippen LogP contribution in [0.5, 0.6) is 0 Å². The summed E-state index contributed by atoms with van der Waals surface area (Å²) in [5.41, 5.74) is 0.0711. The van der Waals surface area contributed by atoms with Gasteiger partial charge in [0.1, 0.15) is 0 Å². The largest absolute Gasteiger partial charge is 0.456 e. The van der Waals surface area contributed by atoms with Crippen molar-refractivity contribution in [3.63, 3.8) is 0 Å². The third-order valence-corrected chi connectivity index (χ3v) is 2.62. The number of rotatable bonds is 5. The lowest BCUT2D eigenvalue weighted by atomic mass is 10.3. The van der Waals surface area contributed by atoms with Gasteiger partial charge in [-0.15, -0.1) is 5.10 Å². The van der Waals surface area contributed by atoms with E-state index in [9.17, 15) is 18.0 Å². The van der Waals surface area contributed by atoms with Crippen molar-refractivity contribution in [1.29, 1.82) is 0 Å². The van der Waals surface area contributed by atoms with Gasteiger partial charge in [0.2, 0.25) is 0 Å². The molecule has 2 rings (SSSR count). The molecule has 2 aromatic rings. The van der Waals surface area contributed by atoms with Crippen LogP contribution in [0.4, 0.5) is 13.2 Å². The average Bonchev–Trinajstić information content (AvgIpc) is 2.98. The summed E-state index contributed by atoms with van der Waals surface area (Å²) in [6, 6.07) is 0. The van der Waals surface area contributed by atoms with Gasteiger partial charge in [-0.1, -0.05) is 12.1 Å². The summed E-state index contributed by atoms with van der Waals surface area (Å²) < 4.78 is 39.8. The number of carbonyl (C=O) groups excluding carboxylic acids is 1. The number of hydrogen-bond acceptors (Lipinski definition) is 4. The number of alkyl halides is 3. The quantitative estimate of drug-likeness (QED) is 0.785. The fraction of sp³-hybridized carbons (Fsp3) is 0.455. The van der Waals surface area contributed by atoms with E-state index in [1.54, 1.807) is 12.5 Å². The molecule has 0 atom stereocenters. The van der Waals surface area contributed by atoms with Crippen molar-refractivity contribution in [1.82, 2.24) is 24.5 Å². The van der Waals surface area contributed by atoms with Crippen molar-refractivity contribution in [3.8, 4) is 0 Å². The van der Waals surface area contributed by atoms with Gasteiger partial charge in [-0.2, -0.15) is 13.2 Å². The monoisotopic (exact) mass is 287 g/mol. The standard InChI is InChI=1S/C11H12F3N5O/c1-2-3-18-7-15-4-8(18)5-19-6-9(16-17-19)10(20)11(12,13)14/h4,6-7H,2-3,5H2,1H3. The fourth-order valence-corrected chi connectivity index (χ4v) is 1.71. The molecule has 9 heteroatoms. The molecule has 0 spiro atoms. The van der Waals surface area contributed by atoms with Gasteiger partial charge in [0.25, 0.3) is 5.78 Å². The second-order valence-corrected chi connectivity index (χ2v) is 4.21. The van der Waals surface area contributed by atoms with E-state index in [2.05, 4.69) is 15.3 Å². The number of ketones is 1. The summed E-state index contributed by atoms with van der Waals surface area (Å²) in [5.74, 6) is -1.99. The second-order valence-electron chi connectivity index (χ2n) is 4.21. The van der Waals surface area contributed by atoms with Gasteiger partial charge in [-0.25, -0.2) is 9.67 Å². The molecule has 0 unspecified atom stereocenters. The number of Topliss-reactive ketones (excluding diaryl/α,β-unsaturated/α-hetero) is 1. The Bertz CT molecular complexity index is 601. The SMILES string of the molecule is CCCn1cncc1Cn1cc(C(=O)C(F)(F)F)nn1. The minimum atomic E-state index is -4.94. The Morgan fingerprint density at radius 3 is 2.80 bits per heavy atom. The Balaban J connectivity index is 2.14. The minimum absolute atomic E-state index is 0.206. The predicted octanol–water partition coefficient (Wildman–Crippen LogP) is 1.68. The topological polar surface area (TPSA) is 65.6 Å². The summed E-state index contributed by atoms with van der Waals surface area (Å²) in [5, 5.41) is 6.78. The first-order valence-corrected chi connectivity index (χ1v) is 5.92.